The van der Waals surface area contributed by atoms with Gasteiger partial charge < -0.3 is 5.32 Å². The van der Waals surface area contributed by atoms with Gasteiger partial charge in [-0.2, -0.15) is 5.10 Å². The molecule has 0 spiro atoms. The predicted octanol–water partition coefficient (Wildman–Crippen LogP) is 2.85. The normalized spacial score (nSPS) is 10.5. The standard InChI is InChI=1S/C12H15BrN4/c1-10-7-16-17(9-10)6-2-5-14-12-4-3-11(13)8-15-12/h3-4,7-9H,2,5-6H2,1H3,(H,14,15). The molecule has 2 rings (SSSR count). The monoisotopic (exact) mass is 294 g/mol. The number of pyridine rings is 1. The highest BCUT2D eigenvalue weighted by atomic mass is 79.9. The van der Waals surface area contributed by atoms with Gasteiger partial charge in [-0.3, -0.25) is 4.68 Å². The number of nitrogens with one attached hydrogen (secondary N) is 1. The van der Waals surface area contributed by atoms with Gasteiger partial charge in [0.25, 0.3) is 0 Å². The average Bonchev–Trinajstić information content (AvgIpc) is 2.73. The van der Waals surface area contributed by atoms with E-state index >= 15 is 0 Å². The summed E-state index contributed by atoms with van der Waals surface area (Å²) < 4.78 is 2.96. The lowest BCUT2D eigenvalue weighted by Crippen LogP contribution is -2.07. The van der Waals surface area contributed by atoms with Crippen LogP contribution in [-0.2, 0) is 6.54 Å². The van der Waals surface area contributed by atoms with E-state index in [2.05, 4.69) is 37.5 Å². The summed E-state index contributed by atoms with van der Waals surface area (Å²) in [5.41, 5.74) is 1.20. The van der Waals surface area contributed by atoms with Gasteiger partial charge in [0, 0.05) is 30.0 Å². The topological polar surface area (TPSA) is 42.7 Å². The van der Waals surface area contributed by atoms with Crippen LogP contribution in [0.15, 0.2) is 35.2 Å². The van der Waals surface area contributed by atoms with Crippen LogP contribution in [0.2, 0.25) is 0 Å². The second kappa shape index (κ2) is 5.82. The number of nitrogens with zero attached hydrogens (tertiary/aromatic N) is 3. The maximum atomic E-state index is 4.25. The summed E-state index contributed by atoms with van der Waals surface area (Å²) in [6.07, 6.45) is 6.75. The lowest BCUT2D eigenvalue weighted by Gasteiger charge is -2.05. The van der Waals surface area contributed by atoms with E-state index in [0.29, 0.717) is 0 Å². The van der Waals surface area contributed by atoms with Crippen molar-refractivity contribution in [2.24, 2.45) is 0 Å². The molecule has 0 radical (unpaired) electrons. The van der Waals surface area contributed by atoms with E-state index in [4.69, 9.17) is 0 Å². The molecule has 4 nitrogen and oxygen atoms in total. The van der Waals surface area contributed by atoms with E-state index in [1.807, 2.05) is 29.9 Å². The van der Waals surface area contributed by atoms with Crippen LogP contribution in [0.5, 0.6) is 0 Å². The first-order valence-electron chi connectivity index (χ1n) is 5.58. The summed E-state index contributed by atoms with van der Waals surface area (Å²) in [5, 5.41) is 7.51. The van der Waals surface area contributed by atoms with Gasteiger partial charge in [0.05, 0.1) is 6.20 Å². The third kappa shape index (κ3) is 3.85. The number of hydrogen-bond donors (Lipinski definition) is 1. The van der Waals surface area contributed by atoms with Gasteiger partial charge in [-0.25, -0.2) is 4.98 Å². The van der Waals surface area contributed by atoms with E-state index in [-0.39, 0.29) is 0 Å². The van der Waals surface area contributed by atoms with Gasteiger partial charge in [-0.15, -0.1) is 0 Å². The Labute approximate surface area is 109 Å². The molecule has 5 heteroatoms. The Hall–Kier alpha value is -1.36. The van der Waals surface area contributed by atoms with Gasteiger partial charge >= 0.3 is 0 Å². The van der Waals surface area contributed by atoms with Crippen LogP contribution in [0.4, 0.5) is 5.82 Å². The fourth-order valence-corrected chi connectivity index (χ4v) is 1.76. The fraction of sp³-hybridized carbons (Fsp3) is 0.333. The van der Waals surface area contributed by atoms with Gasteiger partial charge in [-0.05, 0) is 47.0 Å². The highest BCUT2D eigenvalue weighted by molar-refractivity contribution is 9.10. The molecule has 0 atom stereocenters. The molecular weight excluding hydrogens is 280 g/mol. The third-order valence-electron chi connectivity index (χ3n) is 2.36. The Morgan fingerprint density at radius 3 is 2.88 bits per heavy atom. The highest BCUT2D eigenvalue weighted by Gasteiger charge is 1.95. The van der Waals surface area contributed by atoms with Crippen molar-refractivity contribution in [1.29, 1.82) is 0 Å². The van der Waals surface area contributed by atoms with Gasteiger partial charge in [0.1, 0.15) is 5.82 Å². The van der Waals surface area contributed by atoms with Crippen LogP contribution in [-0.4, -0.2) is 21.3 Å². The molecule has 0 aliphatic heterocycles. The molecule has 0 amide bonds. The quantitative estimate of drug-likeness (QED) is 0.863. The first-order chi connectivity index (χ1) is 8.24. The van der Waals surface area contributed by atoms with E-state index in [1.54, 1.807) is 6.20 Å². The largest absolute Gasteiger partial charge is 0.370 e. The van der Waals surface area contributed by atoms with Crippen molar-refractivity contribution in [1.82, 2.24) is 14.8 Å². The molecule has 2 aromatic heterocycles. The van der Waals surface area contributed by atoms with Crippen molar-refractivity contribution in [2.45, 2.75) is 19.9 Å². The average molecular weight is 295 g/mol. The maximum absolute atomic E-state index is 4.25. The molecule has 0 aliphatic rings. The summed E-state index contributed by atoms with van der Waals surface area (Å²) in [6, 6.07) is 3.94. The lowest BCUT2D eigenvalue weighted by molar-refractivity contribution is 0.591. The maximum Gasteiger partial charge on any atom is 0.125 e. The number of hydrogen-bond acceptors (Lipinski definition) is 3. The Balaban J connectivity index is 1.71. The van der Waals surface area contributed by atoms with Crippen LogP contribution >= 0.6 is 15.9 Å². The van der Waals surface area contributed by atoms with Crippen molar-refractivity contribution in [3.63, 3.8) is 0 Å². The molecule has 90 valence electrons. The Kier molecular flexibility index (Phi) is 4.14. The molecule has 2 aromatic rings. The summed E-state index contributed by atoms with van der Waals surface area (Å²) in [5.74, 6) is 0.907. The van der Waals surface area contributed by atoms with Crippen molar-refractivity contribution in [2.75, 3.05) is 11.9 Å². The van der Waals surface area contributed by atoms with Crippen LogP contribution in [0.3, 0.4) is 0 Å². The predicted molar refractivity (Wildman–Crippen MR) is 72.0 cm³/mol. The van der Waals surface area contributed by atoms with Crippen molar-refractivity contribution in [3.8, 4) is 0 Å². The molecule has 0 saturated carbocycles. The van der Waals surface area contributed by atoms with Crippen LogP contribution in [0.1, 0.15) is 12.0 Å². The number of halogens is 1. The highest BCUT2D eigenvalue weighted by Crippen LogP contribution is 2.10. The minimum atomic E-state index is 0.896. The molecule has 1 N–H and O–H groups in total. The summed E-state index contributed by atoms with van der Waals surface area (Å²) in [7, 11) is 0. The minimum absolute atomic E-state index is 0.896. The SMILES string of the molecule is Cc1cnn(CCCNc2ccc(Br)cn2)c1. The summed E-state index contributed by atoms with van der Waals surface area (Å²) >= 11 is 3.36. The third-order valence-corrected chi connectivity index (χ3v) is 2.83. The van der Waals surface area contributed by atoms with Crippen molar-refractivity contribution >= 4 is 21.7 Å². The number of rotatable bonds is 5. The zero-order valence-corrected chi connectivity index (χ0v) is 11.3. The molecule has 2 heterocycles. The second-order valence-corrected chi connectivity index (χ2v) is 4.84. The zero-order valence-electron chi connectivity index (χ0n) is 9.73. The van der Waals surface area contributed by atoms with Gasteiger partial charge in [0.15, 0.2) is 0 Å². The Morgan fingerprint density at radius 2 is 2.24 bits per heavy atom. The molecule has 17 heavy (non-hydrogen) atoms. The number of aryl methyl sites for hydroxylation is 2. The van der Waals surface area contributed by atoms with Gasteiger partial charge in [-0.1, -0.05) is 0 Å². The molecular formula is C12H15BrN4. The number of anilines is 1. The van der Waals surface area contributed by atoms with E-state index in [1.165, 1.54) is 5.56 Å². The van der Waals surface area contributed by atoms with Crippen molar-refractivity contribution < 1.29 is 0 Å². The fourth-order valence-electron chi connectivity index (χ4n) is 1.53. The minimum Gasteiger partial charge on any atom is -0.370 e. The Morgan fingerprint density at radius 1 is 1.35 bits per heavy atom. The molecule has 0 fully saturated rings. The first-order valence-corrected chi connectivity index (χ1v) is 6.38. The number of aromatic nitrogens is 3. The van der Waals surface area contributed by atoms with Crippen LogP contribution in [0, 0.1) is 6.92 Å². The van der Waals surface area contributed by atoms with E-state index in [9.17, 15) is 0 Å². The molecule has 0 saturated heterocycles. The van der Waals surface area contributed by atoms with E-state index < -0.39 is 0 Å². The lowest BCUT2D eigenvalue weighted by atomic mass is 10.4. The molecule has 0 unspecified atom stereocenters. The molecule has 0 aromatic carbocycles. The smallest absolute Gasteiger partial charge is 0.125 e. The zero-order chi connectivity index (χ0) is 12.1. The van der Waals surface area contributed by atoms with E-state index in [0.717, 1.165) is 29.8 Å². The molecule has 0 bridgehead atoms. The van der Waals surface area contributed by atoms with Crippen molar-refractivity contribution in [3.05, 3.63) is 40.8 Å². The molecule has 0 aliphatic carbocycles. The second-order valence-electron chi connectivity index (χ2n) is 3.92. The van der Waals surface area contributed by atoms with Gasteiger partial charge in [0.2, 0.25) is 0 Å². The first kappa shape index (κ1) is 12.1. The van der Waals surface area contributed by atoms with Crippen LogP contribution in [0.25, 0.3) is 0 Å². The van der Waals surface area contributed by atoms with Crippen LogP contribution < -0.4 is 5.32 Å². The summed E-state index contributed by atoms with van der Waals surface area (Å²) in [4.78, 5) is 4.25. The summed E-state index contributed by atoms with van der Waals surface area (Å²) in [6.45, 7) is 3.87. The Bertz CT molecular complexity index is 464.